The third-order valence-corrected chi connectivity index (χ3v) is 9.43. The van der Waals surface area contributed by atoms with Crippen molar-refractivity contribution >= 4 is 25.2 Å². The summed E-state index contributed by atoms with van der Waals surface area (Å²) in [5, 5.41) is 2.94. The standard InChI is InChI=1S/C30H31FN3O2P/c1-5-8-24(25-9-6-7-10-26(25)27-12-11-19(2)15-28(27)31)21(4)33-14-13-22(16-20(33)3)29(35)34-17-23-18-37(34)30(36)32-23/h6-7,9-16,23H,3,5,8,17-18H2,1-2,4H3,(H,32,36)/b24-21+. The average molecular weight is 516 g/mol. The van der Waals surface area contributed by atoms with Gasteiger partial charge in [-0.15, -0.1) is 0 Å². The normalized spacial score (nSPS) is 21.2. The number of fused-ring (bicyclic) bond motifs is 2. The van der Waals surface area contributed by atoms with E-state index < -0.39 is 8.07 Å². The van der Waals surface area contributed by atoms with Crippen molar-refractivity contribution in [3.63, 3.8) is 0 Å². The van der Waals surface area contributed by atoms with E-state index in [1.54, 1.807) is 22.9 Å². The Morgan fingerprint density at radius 1 is 1.22 bits per heavy atom. The summed E-state index contributed by atoms with van der Waals surface area (Å²) in [5.74, 6) is -0.351. The minimum absolute atomic E-state index is 0.00731. The SMILES string of the molecule is C=C1C=C(C(=O)N2CC3CP2C(=O)N3)C=CN1/C(C)=C(\CCC)c1ccccc1-c1ccc(C)cc1F. The Hall–Kier alpha value is -3.50. The maximum Gasteiger partial charge on any atom is 0.262 e. The van der Waals surface area contributed by atoms with Crippen LogP contribution < -0.4 is 5.32 Å². The number of halogens is 1. The Labute approximate surface area is 218 Å². The maximum absolute atomic E-state index is 15.0. The fourth-order valence-electron chi connectivity index (χ4n) is 5.28. The first kappa shape index (κ1) is 25.2. The zero-order chi connectivity index (χ0) is 26.3. The van der Waals surface area contributed by atoms with Crippen LogP contribution in [0.3, 0.4) is 0 Å². The molecule has 0 saturated carbocycles. The number of benzene rings is 2. The zero-order valence-electron chi connectivity index (χ0n) is 21.4. The van der Waals surface area contributed by atoms with Crippen molar-refractivity contribution in [1.29, 1.82) is 0 Å². The smallest absolute Gasteiger partial charge is 0.262 e. The Morgan fingerprint density at radius 3 is 2.68 bits per heavy atom. The van der Waals surface area contributed by atoms with Crippen LogP contribution in [0.1, 0.15) is 37.8 Å². The molecule has 2 aromatic carbocycles. The van der Waals surface area contributed by atoms with Crippen LogP contribution in [0.2, 0.25) is 0 Å². The molecule has 5 rings (SSSR count). The van der Waals surface area contributed by atoms with Crippen LogP contribution in [0.15, 0.2) is 84.4 Å². The minimum Gasteiger partial charge on any atom is -0.346 e. The summed E-state index contributed by atoms with van der Waals surface area (Å²) in [6.45, 7) is 10.9. The molecule has 3 aliphatic heterocycles. The van der Waals surface area contributed by atoms with Crippen LogP contribution in [0.5, 0.6) is 0 Å². The molecule has 2 atom stereocenters. The summed E-state index contributed by atoms with van der Waals surface area (Å²) >= 11 is 0. The summed E-state index contributed by atoms with van der Waals surface area (Å²) in [6.07, 6.45) is 7.93. The predicted molar refractivity (Wildman–Crippen MR) is 148 cm³/mol. The van der Waals surface area contributed by atoms with Crippen molar-refractivity contribution in [2.45, 2.75) is 39.7 Å². The minimum atomic E-state index is -1.10. The second kappa shape index (κ2) is 10.1. The zero-order valence-corrected chi connectivity index (χ0v) is 22.3. The number of carbonyl (C=O) groups is 2. The van der Waals surface area contributed by atoms with Crippen LogP contribution in [-0.4, -0.2) is 39.9 Å². The Balaban J connectivity index is 1.47. The topological polar surface area (TPSA) is 52.7 Å². The Kier molecular flexibility index (Phi) is 6.87. The van der Waals surface area contributed by atoms with Gasteiger partial charge in [0.25, 0.3) is 11.6 Å². The van der Waals surface area contributed by atoms with Gasteiger partial charge in [-0.1, -0.05) is 56.3 Å². The number of carbonyl (C=O) groups excluding carboxylic acids is 2. The molecule has 5 nitrogen and oxygen atoms in total. The van der Waals surface area contributed by atoms with Gasteiger partial charge in [-0.05, 0) is 60.8 Å². The number of rotatable bonds is 6. The molecule has 1 N–H and O–H groups in total. The van der Waals surface area contributed by atoms with Gasteiger partial charge < -0.3 is 14.9 Å². The third kappa shape index (κ3) is 4.67. The fourth-order valence-corrected chi connectivity index (χ4v) is 7.55. The summed E-state index contributed by atoms with van der Waals surface area (Å²) < 4.78 is 16.7. The van der Waals surface area contributed by atoms with E-state index in [1.165, 1.54) is 0 Å². The van der Waals surface area contributed by atoms with E-state index in [1.807, 2.05) is 61.3 Å². The number of nitrogens with one attached hydrogen (secondary N) is 1. The number of allylic oxidation sites excluding steroid dienone is 3. The van der Waals surface area contributed by atoms with E-state index in [0.29, 0.717) is 23.4 Å². The molecular formula is C30H31FN3O2P. The van der Waals surface area contributed by atoms with Gasteiger partial charge in [0.05, 0.1) is 14.1 Å². The van der Waals surface area contributed by atoms with E-state index in [4.69, 9.17) is 0 Å². The van der Waals surface area contributed by atoms with E-state index in [-0.39, 0.29) is 23.4 Å². The molecule has 0 aromatic heterocycles. The first-order chi connectivity index (χ1) is 17.8. The molecule has 3 aliphatic rings. The van der Waals surface area contributed by atoms with Crippen LogP contribution in [-0.2, 0) is 4.79 Å². The lowest BCUT2D eigenvalue weighted by molar-refractivity contribution is -0.122. The molecule has 2 amide bonds. The van der Waals surface area contributed by atoms with Crippen molar-refractivity contribution < 1.29 is 14.0 Å². The lowest BCUT2D eigenvalue weighted by Gasteiger charge is -2.31. The number of aryl methyl sites for hydroxylation is 1. The van der Waals surface area contributed by atoms with Gasteiger partial charge in [0, 0.05) is 41.4 Å². The Bertz CT molecular complexity index is 1390. The monoisotopic (exact) mass is 515 g/mol. The molecule has 0 aliphatic carbocycles. The maximum atomic E-state index is 15.0. The summed E-state index contributed by atoms with van der Waals surface area (Å²) in [4.78, 5) is 27.3. The molecular weight excluding hydrogens is 484 g/mol. The molecule has 37 heavy (non-hydrogen) atoms. The highest BCUT2D eigenvalue weighted by Crippen LogP contribution is 2.52. The largest absolute Gasteiger partial charge is 0.346 e. The molecule has 3 heterocycles. The lowest BCUT2D eigenvalue weighted by atomic mass is 9.90. The second-order valence-corrected chi connectivity index (χ2v) is 11.8. The van der Waals surface area contributed by atoms with Gasteiger partial charge in [-0.25, -0.2) is 4.39 Å². The van der Waals surface area contributed by atoms with Gasteiger partial charge >= 0.3 is 0 Å². The quantitative estimate of drug-likeness (QED) is 0.425. The van der Waals surface area contributed by atoms with Crippen LogP contribution in [0.4, 0.5) is 9.18 Å². The van der Waals surface area contributed by atoms with E-state index >= 15 is 0 Å². The summed E-state index contributed by atoms with van der Waals surface area (Å²) in [5.41, 5.74) is 6.59. The van der Waals surface area contributed by atoms with Gasteiger partial charge in [-0.3, -0.25) is 9.59 Å². The van der Waals surface area contributed by atoms with Crippen molar-refractivity contribution in [1.82, 2.24) is 14.9 Å². The van der Waals surface area contributed by atoms with Gasteiger partial charge in [0.2, 0.25) is 0 Å². The van der Waals surface area contributed by atoms with Crippen molar-refractivity contribution in [3.05, 3.63) is 101 Å². The van der Waals surface area contributed by atoms with E-state index in [0.717, 1.165) is 47.0 Å². The molecule has 7 heteroatoms. The van der Waals surface area contributed by atoms with Crippen molar-refractivity contribution in [2.75, 3.05) is 12.7 Å². The number of nitrogens with zero attached hydrogens (tertiary/aromatic N) is 2. The highest BCUT2D eigenvalue weighted by Gasteiger charge is 2.47. The molecule has 0 radical (unpaired) electrons. The fraction of sp³-hybridized carbons (Fsp3) is 0.267. The van der Waals surface area contributed by atoms with Crippen molar-refractivity contribution in [3.8, 4) is 11.1 Å². The predicted octanol–water partition coefficient (Wildman–Crippen LogP) is 6.93. The molecule has 2 aromatic rings. The highest BCUT2D eigenvalue weighted by atomic mass is 31.1. The number of hydrogen-bond acceptors (Lipinski definition) is 3. The number of hydrogen-bond donors (Lipinski definition) is 1. The first-order valence-corrected chi connectivity index (χ1v) is 14.1. The Morgan fingerprint density at radius 2 is 2.00 bits per heavy atom. The van der Waals surface area contributed by atoms with Gasteiger partial charge in [0.1, 0.15) is 5.82 Å². The third-order valence-electron chi connectivity index (χ3n) is 7.12. The van der Waals surface area contributed by atoms with E-state index in [9.17, 15) is 14.0 Å². The average Bonchev–Trinajstić information content (AvgIpc) is 3.46. The second-order valence-electron chi connectivity index (χ2n) is 9.74. The molecule has 2 unspecified atom stereocenters. The lowest BCUT2D eigenvalue weighted by Crippen LogP contribution is -2.41. The van der Waals surface area contributed by atoms with Crippen molar-refractivity contribution in [2.24, 2.45) is 0 Å². The van der Waals surface area contributed by atoms with Gasteiger partial charge in [0.15, 0.2) is 0 Å². The van der Waals surface area contributed by atoms with Gasteiger partial charge in [-0.2, -0.15) is 0 Å². The van der Waals surface area contributed by atoms with E-state index in [2.05, 4.69) is 18.8 Å². The first-order valence-electron chi connectivity index (χ1n) is 12.6. The summed E-state index contributed by atoms with van der Waals surface area (Å²) in [7, 11) is -1.10. The summed E-state index contributed by atoms with van der Waals surface area (Å²) in [6, 6.07) is 13.3. The van der Waals surface area contributed by atoms with Crippen LogP contribution >= 0.6 is 8.07 Å². The molecule has 2 saturated heterocycles. The van der Waals surface area contributed by atoms with Crippen LogP contribution in [0.25, 0.3) is 16.7 Å². The van der Waals surface area contributed by atoms with Crippen LogP contribution in [0, 0.1) is 12.7 Å². The molecule has 190 valence electrons. The highest BCUT2D eigenvalue weighted by molar-refractivity contribution is 7.74. The molecule has 0 spiro atoms. The number of amides is 2. The molecule has 2 bridgehead atoms. The molecule has 2 fully saturated rings.